The van der Waals surface area contributed by atoms with Gasteiger partial charge in [0.25, 0.3) is 0 Å². The first-order chi connectivity index (χ1) is 12.3. The van der Waals surface area contributed by atoms with Gasteiger partial charge in [0, 0.05) is 24.1 Å². The number of carbonyl (C=O) groups is 1. The van der Waals surface area contributed by atoms with Crippen molar-refractivity contribution in [2.24, 2.45) is 0 Å². The Balaban J connectivity index is 1.28. The number of ether oxygens (including phenoxy) is 2. The first-order valence-electron chi connectivity index (χ1n) is 8.60. The van der Waals surface area contributed by atoms with Crippen LogP contribution >= 0.6 is 0 Å². The van der Waals surface area contributed by atoms with E-state index in [0.717, 1.165) is 37.4 Å². The Morgan fingerprint density at radius 3 is 2.68 bits per heavy atom. The highest BCUT2D eigenvalue weighted by Crippen LogP contribution is 2.34. The highest BCUT2D eigenvalue weighted by atomic mass is 16.7. The van der Waals surface area contributed by atoms with Crippen molar-refractivity contribution in [2.75, 3.05) is 31.7 Å². The smallest absolute Gasteiger partial charge is 0.238 e. The van der Waals surface area contributed by atoms with Crippen molar-refractivity contribution in [1.82, 2.24) is 9.88 Å². The quantitative estimate of drug-likeness (QED) is 0.928. The summed E-state index contributed by atoms with van der Waals surface area (Å²) >= 11 is 0. The van der Waals surface area contributed by atoms with Gasteiger partial charge in [0.05, 0.1) is 6.54 Å². The Labute approximate surface area is 146 Å². The summed E-state index contributed by atoms with van der Waals surface area (Å²) in [6.07, 6.45) is 5.84. The maximum absolute atomic E-state index is 12.3. The van der Waals surface area contributed by atoms with Crippen molar-refractivity contribution in [3.05, 3.63) is 48.3 Å². The molecule has 0 bridgehead atoms. The second-order valence-corrected chi connectivity index (χ2v) is 6.45. The van der Waals surface area contributed by atoms with Crippen LogP contribution in [-0.2, 0) is 4.79 Å². The van der Waals surface area contributed by atoms with Gasteiger partial charge in [0.15, 0.2) is 11.5 Å². The van der Waals surface area contributed by atoms with Crippen LogP contribution in [-0.4, -0.2) is 42.2 Å². The predicted molar refractivity (Wildman–Crippen MR) is 93.8 cm³/mol. The topological polar surface area (TPSA) is 63.7 Å². The minimum Gasteiger partial charge on any atom is -0.454 e. The minimum absolute atomic E-state index is 0.00114. The lowest BCUT2D eigenvalue weighted by Gasteiger charge is -2.31. The second kappa shape index (κ2) is 7.11. The first-order valence-corrected chi connectivity index (χ1v) is 8.60. The van der Waals surface area contributed by atoms with Gasteiger partial charge in [0.2, 0.25) is 12.7 Å². The average molecular weight is 339 g/mol. The summed E-state index contributed by atoms with van der Waals surface area (Å²) in [6.45, 7) is 2.51. The fourth-order valence-corrected chi connectivity index (χ4v) is 3.44. The number of rotatable bonds is 4. The molecule has 1 saturated heterocycles. The van der Waals surface area contributed by atoms with Crippen molar-refractivity contribution in [3.8, 4) is 11.5 Å². The van der Waals surface area contributed by atoms with Crippen LogP contribution in [0, 0.1) is 0 Å². The number of piperidine rings is 1. The molecule has 2 aliphatic heterocycles. The Kier molecular flexibility index (Phi) is 4.52. The van der Waals surface area contributed by atoms with E-state index < -0.39 is 0 Å². The molecule has 4 rings (SSSR count). The number of aromatic nitrogens is 1. The highest BCUT2D eigenvalue weighted by molar-refractivity contribution is 5.92. The molecule has 3 heterocycles. The van der Waals surface area contributed by atoms with Gasteiger partial charge in [-0.3, -0.25) is 14.7 Å². The number of hydrogen-bond donors (Lipinski definition) is 1. The zero-order valence-corrected chi connectivity index (χ0v) is 14.0. The van der Waals surface area contributed by atoms with Crippen LogP contribution in [0.5, 0.6) is 11.5 Å². The SMILES string of the molecule is O=C(CN1CCC(c2ccncc2)CC1)Nc1ccc2c(c1)OCO2. The third-order valence-corrected chi connectivity index (χ3v) is 4.79. The fourth-order valence-electron chi connectivity index (χ4n) is 3.44. The molecule has 1 amide bonds. The van der Waals surface area contributed by atoms with Gasteiger partial charge in [-0.2, -0.15) is 0 Å². The number of anilines is 1. The number of fused-ring (bicyclic) bond motifs is 1. The Bertz CT molecular complexity index is 743. The zero-order chi connectivity index (χ0) is 17.1. The number of nitrogens with one attached hydrogen (secondary N) is 1. The molecule has 2 aliphatic rings. The number of amides is 1. The number of pyridine rings is 1. The predicted octanol–water partition coefficient (Wildman–Crippen LogP) is 2.63. The standard InChI is InChI=1S/C19H21N3O3/c23-19(21-16-1-2-17-18(11-16)25-13-24-17)12-22-9-5-15(6-10-22)14-3-7-20-8-4-14/h1-4,7-8,11,15H,5-6,9-10,12-13H2,(H,21,23). The highest BCUT2D eigenvalue weighted by Gasteiger charge is 2.22. The van der Waals surface area contributed by atoms with Crippen LogP contribution in [0.4, 0.5) is 5.69 Å². The molecule has 6 nitrogen and oxygen atoms in total. The molecule has 6 heteroatoms. The van der Waals surface area contributed by atoms with E-state index in [0.29, 0.717) is 18.2 Å². The molecule has 1 N–H and O–H groups in total. The van der Waals surface area contributed by atoms with Crippen molar-refractivity contribution in [1.29, 1.82) is 0 Å². The number of nitrogens with zero attached hydrogens (tertiary/aromatic N) is 2. The molecule has 25 heavy (non-hydrogen) atoms. The largest absolute Gasteiger partial charge is 0.454 e. The monoisotopic (exact) mass is 339 g/mol. The number of hydrogen-bond acceptors (Lipinski definition) is 5. The Morgan fingerprint density at radius 2 is 1.88 bits per heavy atom. The third-order valence-electron chi connectivity index (χ3n) is 4.79. The van der Waals surface area contributed by atoms with Crippen LogP contribution in [0.25, 0.3) is 0 Å². The molecule has 1 aromatic carbocycles. The summed E-state index contributed by atoms with van der Waals surface area (Å²) < 4.78 is 10.6. The van der Waals surface area contributed by atoms with Crippen molar-refractivity contribution in [3.63, 3.8) is 0 Å². The van der Waals surface area contributed by atoms with E-state index in [1.165, 1.54) is 5.56 Å². The minimum atomic E-state index is 0.00114. The lowest BCUT2D eigenvalue weighted by Crippen LogP contribution is -2.38. The van der Waals surface area contributed by atoms with Crippen LogP contribution in [0.15, 0.2) is 42.7 Å². The third kappa shape index (κ3) is 3.74. The molecule has 0 saturated carbocycles. The molecule has 1 aromatic heterocycles. The molecule has 0 radical (unpaired) electrons. The molecular formula is C19H21N3O3. The second-order valence-electron chi connectivity index (χ2n) is 6.45. The summed E-state index contributed by atoms with van der Waals surface area (Å²) in [7, 11) is 0. The van der Waals surface area contributed by atoms with E-state index in [2.05, 4.69) is 27.3 Å². The maximum atomic E-state index is 12.3. The number of benzene rings is 1. The lowest BCUT2D eigenvalue weighted by molar-refractivity contribution is -0.117. The summed E-state index contributed by atoms with van der Waals surface area (Å²) in [5.74, 6) is 1.96. The molecule has 0 aliphatic carbocycles. The van der Waals surface area contributed by atoms with Crippen LogP contribution in [0.1, 0.15) is 24.3 Å². The molecule has 2 aromatic rings. The van der Waals surface area contributed by atoms with Gasteiger partial charge >= 0.3 is 0 Å². The maximum Gasteiger partial charge on any atom is 0.238 e. The van der Waals surface area contributed by atoms with Gasteiger partial charge in [-0.05, 0) is 61.7 Å². The first kappa shape index (κ1) is 15.9. The summed E-state index contributed by atoms with van der Waals surface area (Å²) in [4.78, 5) is 18.6. The molecule has 130 valence electrons. The Morgan fingerprint density at radius 1 is 1.12 bits per heavy atom. The van der Waals surface area contributed by atoms with Gasteiger partial charge in [-0.25, -0.2) is 0 Å². The van der Waals surface area contributed by atoms with Crippen LogP contribution in [0.3, 0.4) is 0 Å². The molecular weight excluding hydrogens is 318 g/mol. The molecule has 0 unspecified atom stereocenters. The number of likely N-dealkylation sites (tertiary alicyclic amines) is 1. The number of carbonyl (C=O) groups excluding carboxylic acids is 1. The lowest BCUT2D eigenvalue weighted by atomic mass is 9.90. The normalized spacial score (nSPS) is 17.4. The van der Waals surface area contributed by atoms with Crippen molar-refractivity contribution < 1.29 is 14.3 Å². The Hall–Kier alpha value is -2.60. The van der Waals surface area contributed by atoms with E-state index in [4.69, 9.17) is 9.47 Å². The van der Waals surface area contributed by atoms with Gasteiger partial charge in [-0.1, -0.05) is 0 Å². The van der Waals surface area contributed by atoms with Crippen molar-refractivity contribution >= 4 is 11.6 Å². The molecule has 1 fully saturated rings. The van der Waals surface area contributed by atoms with Gasteiger partial charge in [0.1, 0.15) is 0 Å². The van der Waals surface area contributed by atoms with E-state index in [-0.39, 0.29) is 12.7 Å². The van der Waals surface area contributed by atoms with E-state index in [9.17, 15) is 4.79 Å². The summed E-state index contributed by atoms with van der Waals surface area (Å²) in [5, 5.41) is 2.94. The summed E-state index contributed by atoms with van der Waals surface area (Å²) in [5.41, 5.74) is 2.08. The van der Waals surface area contributed by atoms with E-state index >= 15 is 0 Å². The molecule has 0 atom stereocenters. The van der Waals surface area contributed by atoms with Gasteiger partial charge < -0.3 is 14.8 Å². The van der Waals surface area contributed by atoms with Gasteiger partial charge in [-0.15, -0.1) is 0 Å². The zero-order valence-electron chi connectivity index (χ0n) is 14.0. The van der Waals surface area contributed by atoms with E-state index in [1.807, 2.05) is 24.5 Å². The fraction of sp³-hybridized carbons (Fsp3) is 0.368. The van der Waals surface area contributed by atoms with Crippen LogP contribution < -0.4 is 14.8 Å². The molecule has 0 spiro atoms. The van der Waals surface area contributed by atoms with Crippen molar-refractivity contribution in [2.45, 2.75) is 18.8 Å². The average Bonchev–Trinajstić information content (AvgIpc) is 3.11. The summed E-state index contributed by atoms with van der Waals surface area (Å²) in [6, 6.07) is 9.63. The van der Waals surface area contributed by atoms with E-state index in [1.54, 1.807) is 6.07 Å². The van der Waals surface area contributed by atoms with Crippen LogP contribution in [0.2, 0.25) is 0 Å².